The molecule has 1 N–H and O–H groups in total. The molecule has 138 valence electrons. The molecule has 0 spiro atoms. The number of aromatic nitrogens is 6. The van der Waals surface area contributed by atoms with Crippen LogP contribution in [0.1, 0.15) is 29.4 Å². The maximum Gasteiger partial charge on any atom is 0.276 e. The molecule has 4 aromatic rings. The van der Waals surface area contributed by atoms with Crippen LogP contribution in [-0.4, -0.2) is 35.6 Å². The zero-order valence-corrected chi connectivity index (χ0v) is 15.5. The normalized spacial score (nSPS) is 13.4. The van der Waals surface area contributed by atoms with Crippen molar-refractivity contribution >= 4 is 22.4 Å². The fraction of sp³-hybridized carbons (Fsp3) is 0.158. The molecule has 1 aliphatic rings. The van der Waals surface area contributed by atoms with Crippen LogP contribution in [0.3, 0.4) is 0 Å². The van der Waals surface area contributed by atoms with Gasteiger partial charge in [-0.3, -0.25) is 20.1 Å². The predicted molar refractivity (Wildman–Crippen MR) is 105 cm³/mol. The smallest absolute Gasteiger partial charge is 0.276 e. The van der Waals surface area contributed by atoms with Crippen molar-refractivity contribution in [3.05, 3.63) is 60.3 Å². The van der Waals surface area contributed by atoms with E-state index < -0.39 is 0 Å². The Balaban J connectivity index is 1.35. The van der Waals surface area contributed by atoms with Crippen LogP contribution in [0.15, 0.2) is 54.6 Å². The van der Waals surface area contributed by atoms with Gasteiger partial charge in [-0.2, -0.15) is 0 Å². The zero-order chi connectivity index (χ0) is 18.9. The number of carbonyl (C=O) groups excluding carboxylic acids is 1. The molecule has 4 aromatic heterocycles. The van der Waals surface area contributed by atoms with E-state index in [-0.39, 0.29) is 5.91 Å². The van der Waals surface area contributed by atoms with Gasteiger partial charge < -0.3 is 4.57 Å². The number of nitrogens with zero attached hydrogens (tertiary/aromatic N) is 6. The first kappa shape index (κ1) is 16.7. The van der Waals surface area contributed by atoms with Crippen molar-refractivity contribution in [3.8, 4) is 22.6 Å². The highest BCUT2D eigenvalue weighted by molar-refractivity contribution is 7.14. The monoisotopic (exact) mass is 389 g/mol. The number of carbonyl (C=O) groups is 1. The maximum absolute atomic E-state index is 12.6. The van der Waals surface area contributed by atoms with Crippen LogP contribution in [0.25, 0.3) is 22.6 Å². The molecule has 0 aromatic carbocycles. The maximum atomic E-state index is 12.6. The van der Waals surface area contributed by atoms with Gasteiger partial charge in [-0.1, -0.05) is 6.07 Å². The lowest BCUT2D eigenvalue weighted by molar-refractivity contribution is 0.102. The molecule has 0 unspecified atom stereocenters. The third kappa shape index (κ3) is 3.27. The highest BCUT2D eigenvalue weighted by Gasteiger charge is 2.27. The van der Waals surface area contributed by atoms with E-state index in [1.807, 2.05) is 28.1 Å². The molecule has 8 nitrogen and oxygen atoms in total. The number of anilines is 1. The number of rotatable bonds is 5. The lowest BCUT2D eigenvalue weighted by Crippen LogP contribution is -2.13. The second-order valence-electron chi connectivity index (χ2n) is 6.46. The van der Waals surface area contributed by atoms with Gasteiger partial charge in [0.1, 0.15) is 17.7 Å². The molecule has 9 heteroatoms. The zero-order valence-electron chi connectivity index (χ0n) is 14.7. The Morgan fingerprint density at radius 3 is 2.96 bits per heavy atom. The largest absolute Gasteiger partial charge is 0.309 e. The van der Waals surface area contributed by atoms with Crippen molar-refractivity contribution in [1.82, 2.24) is 29.7 Å². The predicted octanol–water partition coefficient (Wildman–Crippen LogP) is 3.45. The second-order valence-corrected chi connectivity index (χ2v) is 7.31. The number of pyridine rings is 2. The number of hydrogen-bond donors (Lipinski definition) is 1. The van der Waals surface area contributed by atoms with E-state index in [4.69, 9.17) is 0 Å². The summed E-state index contributed by atoms with van der Waals surface area (Å²) in [6.07, 6.45) is 9.08. The highest BCUT2D eigenvalue weighted by atomic mass is 32.1. The van der Waals surface area contributed by atoms with Crippen LogP contribution in [0, 0.1) is 0 Å². The third-order valence-corrected chi connectivity index (χ3v) is 5.21. The van der Waals surface area contributed by atoms with Gasteiger partial charge in [-0.05, 0) is 36.6 Å². The van der Waals surface area contributed by atoms with Crippen LogP contribution in [0.4, 0.5) is 5.13 Å². The van der Waals surface area contributed by atoms with Gasteiger partial charge in [0.25, 0.3) is 5.91 Å². The van der Waals surface area contributed by atoms with Crippen molar-refractivity contribution in [2.45, 2.75) is 18.9 Å². The van der Waals surface area contributed by atoms with Gasteiger partial charge in [0.2, 0.25) is 0 Å². The minimum Gasteiger partial charge on any atom is -0.309 e. The van der Waals surface area contributed by atoms with Crippen molar-refractivity contribution in [2.24, 2.45) is 0 Å². The fourth-order valence-corrected chi connectivity index (χ4v) is 3.59. The topological polar surface area (TPSA) is 98.5 Å². The summed E-state index contributed by atoms with van der Waals surface area (Å²) in [5, 5.41) is 13.3. The molecule has 4 heterocycles. The van der Waals surface area contributed by atoms with E-state index in [0.29, 0.717) is 22.6 Å². The Morgan fingerprint density at radius 1 is 1.21 bits per heavy atom. The van der Waals surface area contributed by atoms with Gasteiger partial charge in [0.05, 0.1) is 0 Å². The minimum atomic E-state index is -0.310. The van der Waals surface area contributed by atoms with E-state index in [1.54, 1.807) is 31.0 Å². The van der Waals surface area contributed by atoms with Crippen LogP contribution in [0.5, 0.6) is 0 Å². The molecule has 0 atom stereocenters. The summed E-state index contributed by atoms with van der Waals surface area (Å²) in [5.74, 6) is 0.422. The van der Waals surface area contributed by atoms with Gasteiger partial charge in [-0.25, -0.2) is 4.98 Å². The van der Waals surface area contributed by atoms with Crippen molar-refractivity contribution < 1.29 is 4.79 Å². The summed E-state index contributed by atoms with van der Waals surface area (Å²) in [5.41, 5.74) is 2.83. The first-order valence-electron chi connectivity index (χ1n) is 8.81. The molecular formula is C19H15N7OS. The minimum absolute atomic E-state index is 0.310. The SMILES string of the molecule is O=C(Nc1nc(-c2nncn2C2CC2)cs1)c1cc(-c2cccnc2)ccn1. The van der Waals surface area contributed by atoms with E-state index in [0.717, 1.165) is 29.8 Å². The number of thiazole rings is 1. The summed E-state index contributed by atoms with van der Waals surface area (Å²) < 4.78 is 2.04. The van der Waals surface area contributed by atoms with E-state index in [1.165, 1.54) is 11.3 Å². The Hall–Kier alpha value is -3.46. The number of amides is 1. The van der Waals surface area contributed by atoms with Gasteiger partial charge >= 0.3 is 0 Å². The number of nitrogens with one attached hydrogen (secondary N) is 1. The molecule has 28 heavy (non-hydrogen) atoms. The van der Waals surface area contributed by atoms with Crippen LogP contribution in [-0.2, 0) is 0 Å². The summed E-state index contributed by atoms with van der Waals surface area (Å²) in [4.78, 5) is 25.4. The quantitative estimate of drug-likeness (QED) is 0.561. The lowest BCUT2D eigenvalue weighted by Gasteiger charge is -2.04. The standard InChI is InChI=1S/C19H15N7OS/c27-18(15-8-12(5-7-21-15)13-2-1-6-20-9-13)24-19-23-16(10-28-19)17-25-22-11-26(17)14-3-4-14/h1-2,5-11,14H,3-4H2,(H,23,24,27). The van der Waals surface area contributed by atoms with Crippen molar-refractivity contribution in [2.75, 3.05) is 5.32 Å². The van der Waals surface area contributed by atoms with Gasteiger partial charge in [0.15, 0.2) is 11.0 Å². The van der Waals surface area contributed by atoms with Crippen LogP contribution >= 0.6 is 11.3 Å². The Kier molecular flexibility index (Phi) is 4.13. The van der Waals surface area contributed by atoms with Crippen molar-refractivity contribution in [3.63, 3.8) is 0 Å². The molecule has 1 saturated carbocycles. The molecule has 1 fully saturated rings. The summed E-state index contributed by atoms with van der Waals surface area (Å²) in [6.45, 7) is 0. The summed E-state index contributed by atoms with van der Waals surface area (Å²) in [6, 6.07) is 7.84. The van der Waals surface area contributed by atoms with Crippen molar-refractivity contribution in [1.29, 1.82) is 0 Å². The summed E-state index contributed by atoms with van der Waals surface area (Å²) >= 11 is 1.35. The average molecular weight is 389 g/mol. The first-order chi connectivity index (χ1) is 13.8. The molecule has 0 saturated heterocycles. The fourth-order valence-electron chi connectivity index (χ4n) is 2.91. The van der Waals surface area contributed by atoms with E-state index in [9.17, 15) is 4.79 Å². The molecule has 1 aliphatic carbocycles. The molecule has 5 rings (SSSR count). The Bertz CT molecular complexity index is 1130. The Labute approximate surface area is 164 Å². The van der Waals surface area contributed by atoms with E-state index >= 15 is 0 Å². The molecule has 1 amide bonds. The third-order valence-electron chi connectivity index (χ3n) is 4.45. The second kappa shape index (κ2) is 6.93. The Morgan fingerprint density at radius 2 is 2.14 bits per heavy atom. The molecular weight excluding hydrogens is 374 g/mol. The average Bonchev–Trinajstić information content (AvgIpc) is 3.28. The van der Waals surface area contributed by atoms with Gasteiger partial charge in [0, 0.05) is 35.6 Å². The molecule has 0 radical (unpaired) electrons. The molecule has 0 aliphatic heterocycles. The number of hydrogen-bond acceptors (Lipinski definition) is 7. The summed E-state index contributed by atoms with van der Waals surface area (Å²) in [7, 11) is 0. The van der Waals surface area contributed by atoms with Crippen LogP contribution in [0.2, 0.25) is 0 Å². The van der Waals surface area contributed by atoms with E-state index in [2.05, 4.69) is 30.5 Å². The first-order valence-corrected chi connectivity index (χ1v) is 9.69. The molecule has 0 bridgehead atoms. The lowest BCUT2D eigenvalue weighted by atomic mass is 10.1. The van der Waals surface area contributed by atoms with Gasteiger partial charge in [-0.15, -0.1) is 21.5 Å². The highest BCUT2D eigenvalue weighted by Crippen LogP contribution is 2.37. The van der Waals surface area contributed by atoms with Crippen LogP contribution < -0.4 is 5.32 Å².